The van der Waals surface area contributed by atoms with Gasteiger partial charge >= 0.3 is 11.9 Å². The average Bonchev–Trinajstić information content (AvgIpc) is 3.40. The fourth-order valence-electron chi connectivity index (χ4n) is 3.72. The van der Waals surface area contributed by atoms with Crippen molar-refractivity contribution < 1.29 is 43.0 Å². The van der Waals surface area contributed by atoms with E-state index >= 15 is 0 Å². The van der Waals surface area contributed by atoms with E-state index in [0.29, 0.717) is 11.4 Å². The van der Waals surface area contributed by atoms with Crippen LogP contribution < -0.4 is 9.80 Å². The molecule has 0 aliphatic carbocycles. The van der Waals surface area contributed by atoms with Crippen LogP contribution >= 0.6 is 0 Å². The van der Waals surface area contributed by atoms with Crippen molar-refractivity contribution in [2.45, 2.75) is 25.7 Å². The van der Waals surface area contributed by atoms with Gasteiger partial charge in [0.2, 0.25) is 29.4 Å². The topological polar surface area (TPSA) is 144 Å². The third kappa shape index (κ3) is 5.19. The number of nitrogens with zero attached hydrogens (tertiary/aromatic N) is 2. The number of carbonyl (C=O) groups is 7. The van der Waals surface area contributed by atoms with E-state index in [0.717, 1.165) is 9.80 Å². The third-order valence-corrected chi connectivity index (χ3v) is 5.55. The number of ketones is 1. The largest absolute Gasteiger partial charge is 0.454 e. The summed E-state index contributed by atoms with van der Waals surface area (Å²) in [4.78, 5) is 85.6. The Morgan fingerprint density at radius 1 is 0.556 bits per heavy atom. The van der Waals surface area contributed by atoms with Gasteiger partial charge in [0, 0.05) is 25.7 Å². The van der Waals surface area contributed by atoms with Crippen LogP contribution in [-0.2, 0) is 33.4 Å². The molecule has 2 heterocycles. The number of carbonyl (C=O) groups excluding carboxylic acids is 7. The molecule has 4 amide bonds. The van der Waals surface area contributed by atoms with E-state index in [9.17, 15) is 33.6 Å². The summed E-state index contributed by atoms with van der Waals surface area (Å²) in [6.45, 7) is -1.26. The van der Waals surface area contributed by atoms with Gasteiger partial charge in [-0.25, -0.2) is 9.59 Å². The summed E-state index contributed by atoms with van der Waals surface area (Å²) >= 11 is 0. The third-order valence-electron chi connectivity index (χ3n) is 5.55. The highest BCUT2D eigenvalue weighted by molar-refractivity contribution is 6.20. The Bertz CT molecular complexity index is 1140. The maximum Gasteiger partial charge on any atom is 0.338 e. The van der Waals surface area contributed by atoms with Gasteiger partial charge in [-0.1, -0.05) is 0 Å². The predicted molar refractivity (Wildman–Crippen MR) is 122 cm³/mol. The molecule has 0 unspecified atom stereocenters. The van der Waals surface area contributed by atoms with Crippen molar-refractivity contribution in [2.24, 2.45) is 0 Å². The van der Waals surface area contributed by atoms with Crippen molar-refractivity contribution in [3.63, 3.8) is 0 Å². The summed E-state index contributed by atoms with van der Waals surface area (Å²) < 4.78 is 9.86. The maximum atomic E-state index is 12.2. The highest BCUT2D eigenvalue weighted by Crippen LogP contribution is 2.24. The van der Waals surface area contributed by atoms with Crippen LogP contribution in [0.15, 0.2) is 48.5 Å². The van der Waals surface area contributed by atoms with Crippen molar-refractivity contribution in [1.29, 1.82) is 0 Å². The smallest absolute Gasteiger partial charge is 0.338 e. The maximum absolute atomic E-state index is 12.2. The summed E-state index contributed by atoms with van der Waals surface area (Å²) in [5, 5.41) is 0. The summed E-state index contributed by atoms with van der Waals surface area (Å²) in [6, 6.07) is 11.2. The molecule has 0 bridgehead atoms. The number of imide groups is 2. The highest BCUT2D eigenvalue weighted by Gasteiger charge is 2.31. The quantitative estimate of drug-likeness (QED) is 0.396. The van der Waals surface area contributed by atoms with E-state index in [1.54, 1.807) is 0 Å². The molecule has 0 N–H and O–H groups in total. The summed E-state index contributed by atoms with van der Waals surface area (Å²) in [6.07, 6.45) is 0.560. The van der Waals surface area contributed by atoms with Gasteiger partial charge in [0.1, 0.15) is 0 Å². The second-order valence-corrected chi connectivity index (χ2v) is 8.03. The number of hydrogen-bond donors (Lipinski definition) is 0. The molecule has 2 aromatic carbocycles. The van der Waals surface area contributed by atoms with Crippen LogP contribution in [0.5, 0.6) is 0 Å². The number of ether oxygens (including phenoxy) is 2. The molecule has 2 aliphatic rings. The first-order valence-corrected chi connectivity index (χ1v) is 11.0. The lowest BCUT2D eigenvalue weighted by Crippen LogP contribution is -2.28. The normalized spacial score (nSPS) is 15.4. The second-order valence-electron chi connectivity index (χ2n) is 8.03. The number of benzene rings is 2. The van der Waals surface area contributed by atoms with E-state index in [1.807, 2.05) is 0 Å². The minimum atomic E-state index is -0.804. The predicted octanol–water partition coefficient (Wildman–Crippen LogP) is 1.58. The molecular weight excluding hydrogens is 472 g/mol. The highest BCUT2D eigenvalue weighted by atomic mass is 16.6. The van der Waals surface area contributed by atoms with Crippen molar-refractivity contribution in [3.8, 4) is 0 Å². The molecule has 4 rings (SSSR count). The molecule has 2 aliphatic heterocycles. The number of esters is 2. The average molecular weight is 492 g/mol. The van der Waals surface area contributed by atoms with Gasteiger partial charge in [-0.05, 0) is 48.5 Å². The molecule has 11 nitrogen and oxygen atoms in total. The first-order chi connectivity index (χ1) is 17.2. The molecule has 2 saturated heterocycles. The SMILES string of the molecule is O=C(COC(=O)c1ccc(N2C(=O)CCC2=O)cc1)COC(=O)c1ccc(N2C(=O)CCC2=O)cc1. The Morgan fingerprint density at radius 3 is 1.17 bits per heavy atom. The van der Waals surface area contributed by atoms with Gasteiger partial charge in [-0.3, -0.25) is 33.8 Å². The van der Waals surface area contributed by atoms with Crippen LogP contribution in [-0.4, -0.2) is 54.6 Å². The van der Waals surface area contributed by atoms with Gasteiger partial charge in [0.05, 0.1) is 22.5 Å². The van der Waals surface area contributed by atoms with Crippen molar-refractivity contribution in [1.82, 2.24) is 0 Å². The van der Waals surface area contributed by atoms with Gasteiger partial charge in [0.25, 0.3) is 0 Å². The Kier molecular flexibility index (Phi) is 7.00. The molecule has 36 heavy (non-hydrogen) atoms. The number of rotatable bonds is 8. The summed E-state index contributed by atoms with van der Waals surface area (Å²) in [5.41, 5.74) is 0.901. The lowest BCUT2D eigenvalue weighted by Gasteiger charge is -2.14. The van der Waals surface area contributed by atoms with Crippen LogP contribution in [0.25, 0.3) is 0 Å². The lowest BCUT2D eigenvalue weighted by atomic mass is 10.2. The Morgan fingerprint density at radius 2 is 0.861 bits per heavy atom. The zero-order chi connectivity index (χ0) is 25.8. The Hall–Kier alpha value is -4.67. The molecule has 11 heteroatoms. The number of anilines is 2. The van der Waals surface area contributed by atoms with Crippen molar-refractivity contribution in [2.75, 3.05) is 23.0 Å². The molecule has 0 aromatic heterocycles. The van der Waals surface area contributed by atoms with Crippen molar-refractivity contribution >= 4 is 52.7 Å². The van der Waals surface area contributed by atoms with Crippen LogP contribution in [0.4, 0.5) is 11.4 Å². The van der Waals surface area contributed by atoms with Crippen LogP contribution in [0.2, 0.25) is 0 Å². The fourth-order valence-corrected chi connectivity index (χ4v) is 3.72. The van der Waals surface area contributed by atoms with Gasteiger partial charge in [0.15, 0.2) is 13.2 Å². The lowest BCUT2D eigenvalue weighted by molar-refractivity contribution is -0.125. The zero-order valence-electron chi connectivity index (χ0n) is 18.9. The fraction of sp³-hybridized carbons (Fsp3) is 0.240. The van der Waals surface area contributed by atoms with Crippen LogP contribution in [0.3, 0.4) is 0 Å². The van der Waals surface area contributed by atoms with Crippen molar-refractivity contribution in [3.05, 3.63) is 59.7 Å². The molecule has 0 saturated carbocycles. The van der Waals surface area contributed by atoms with Gasteiger partial charge in [-0.2, -0.15) is 0 Å². The van der Waals surface area contributed by atoms with E-state index in [-0.39, 0.29) is 60.4 Å². The van der Waals surface area contributed by atoms with Gasteiger partial charge < -0.3 is 9.47 Å². The first-order valence-electron chi connectivity index (χ1n) is 11.0. The van der Waals surface area contributed by atoms with E-state index in [2.05, 4.69) is 0 Å². The zero-order valence-corrected chi connectivity index (χ0v) is 18.9. The summed E-state index contributed by atoms with van der Waals surface area (Å²) in [7, 11) is 0. The second kappa shape index (κ2) is 10.3. The molecule has 2 aromatic rings. The molecule has 0 radical (unpaired) electrons. The minimum absolute atomic E-state index is 0.109. The van der Waals surface area contributed by atoms with E-state index in [4.69, 9.17) is 9.47 Å². The molecule has 2 fully saturated rings. The van der Waals surface area contributed by atoms with E-state index < -0.39 is 30.9 Å². The Balaban J connectivity index is 1.24. The van der Waals surface area contributed by atoms with Crippen LogP contribution in [0.1, 0.15) is 46.4 Å². The first kappa shape index (κ1) is 24.5. The standard InChI is InChI=1S/C25H20N2O9/c28-19(13-35-24(33)15-1-5-17(6-2-15)26-20(29)9-10-21(26)30)14-36-25(34)16-3-7-18(8-4-16)27-22(31)11-12-23(27)32/h1-8H,9-14H2. The number of hydrogen-bond acceptors (Lipinski definition) is 9. The number of amides is 4. The Labute approximate surface area is 204 Å². The monoisotopic (exact) mass is 492 g/mol. The molecular formula is C25H20N2O9. The minimum Gasteiger partial charge on any atom is -0.454 e. The summed E-state index contributed by atoms with van der Waals surface area (Å²) in [5.74, 6) is -3.53. The van der Waals surface area contributed by atoms with Crippen LogP contribution in [0, 0.1) is 0 Å². The molecule has 0 atom stereocenters. The molecule has 184 valence electrons. The molecule has 0 spiro atoms. The number of Topliss-reactive ketones (excluding diaryl/α,β-unsaturated/α-hetero) is 1. The van der Waals surface area contributed by atoms with E-state index in [1.165, 1.54) is 48.5 Å². The van der Waals surface area contributed by atoms with Gasteiger partial charge in [-0.15, -0.1) is 0 Å².